The molecule has 0 radical (unpaired) electrons. The van der Waals surface area contributed by atoms with Crippen LogP contribution >= 0.6 is 0 Å². The Bertz CT molecular complexity index is 706. The predicted molar refractivity (Wildman–Crippen MR) is 79.7 cm³/mol. The zero-order valence-electron chi connectivity index (χ0n) is 12.1. The average molecular weight is 266 g/mol. The highest BCUT2D eigenvalue weighted by atomic mass is 15.3. The van der Waals surface area contributed by atoms with Crippen LogP contribution in [0.15, 0.2) is 18.3 Å². The van der Waals surface area contributed by atoms with E-state index >= 15 is 0 Å². The highest BCUT2D eigenvalue weighted by Gasteiger charge is 2.19. The molecular formula is C16H18N4. The molecule has 0 bridgehead atoms. The average Bonchev–Trinajstić information content (AvgIpc) is 2.78. The van der Waals surface area contributed by atoms with Crippen molar-refractivity contribution < 1.29 is 0 Å². The molecule has 4 heteroatoms. The second kappa shape index (κ2) is 4.68. The summed E-state index contributed by atoms with van der Waals surface area (Å²) in [6.45, 7) is 3.10. The monoisotopic (exact) mass is 266 g/mol. The van der Waals surface area contributed by atoms with Crippen molar-refractivity contribution in [2.75, 3.05) is 18.5 Å². The number of nitriles is 1. The molecule has 20 heavy (non-hydrogen) atoms. The van der Waals surface area contributed by atoms with E-state index in [0.29, 0.717) is 0 Å². The van der Waals surface area contributed by atoms with Crippen molar-refractivity contribution in [3.8, 4) is 17.2 Å². The summed E-state index contributed by atoms with van der Waals surface area (Å²) in [5.41, 5.74) is 6.40. The maximum atomic E-state index is 9.47. The van der Waals surface area contributed by atoms with Crippen LogP contribution in [0.25, 0.3) is 11.1 Å². The summed E-state index contributed by atoms with van der Waals surface area (Å²) in [5, 5.41) is 13.8. The zero-order valence-corrected chi connectivity index (χ0v) is 12.1. The van der Waals surface area contributed by atoms with Gasteiger partial charge in [0.25, 0.3) is 0 Å². The molecule has 1 aromatic carbocycles. The van der Waals surface area contributed by atoms with E-state index in [2.05, 4.69) is 29.2 Å². The van der Waals surface area contributed by atoms with Crippen molar-refractivity contribution in [2.45, 2.75) is 19.8 Å². The van der Waals surface area contributed by atoms with Crippen LogP contribution in [-0.4, -0.2) is 23.4 Å². The highest BCUT2D eigenvalue weighted by Crippen LogP contribution is 2.34. The van der Waals surface area contributed by atoms with Crippen LogP contribution in [0.1, 0.15) is 23.2 Å². The molecule has 4 nitrogen and oxygen atoms in total. The summed E-state index contributed by atoms with van der Waals surface area (Å²) >= 11 is 0. The Kier molecular flexibility index (Phi) is 2.98. The zero-order chi connectivity index (χ0) is 14.3. The molecule has 0 spiro atoms. The van der Waals surface area contributed by atoms with Gasteiger partial charge in [0.05, 0.1) is 17.8 Å². The number of anilines is 1. The van der Waals surface area contributed by atoms with Crippen LogP contribution in [0, 0.1) is 18.3 Å². The fourth-order valence-corrected chi connectivity index (χ4v) is 2.89. The van der Waals surface area contributed by atoms with Crippen LogP contribution in [-0.2, 0) is 13.5 Å². The Morgan fingerprint density at radius 2 is 2.05 bits per heavy atom. The fraction of sp³-hybridized carbons (Fsp3) is 0.375. The highest BCUT2D eigenvalue weighted by molar-refractivity contribution is 5.77. The number of hydrogen-bond acceptors (Lipinski definition) is 3. The molecule has 1 aromatic heterocycles. The van der Waals surface area contributed by atoms with Crippen LogP contribution in [0.5, 0.6) is 0 Å². The summed E-state index contributed by atoms with van der Waals surface area (Å²) in [5.74, 6) is 0. The number of hydrogen-bond donors (Lipinski definition) is 0. The Labute approximate surface area is 119 Å². The second-order valence-electron chi connectivity index (χ2n) is 5.43. The fourth-order valence-electron chi connectivity index (χ4n) is 2.89. The quantitative estimate of drug-likeness (QED) is 0.797. The first kappa shape index (κ1) is 12.7. The topological polar surface area (TPSA) is 44.9 Å². The van der Waals surface area contributed by atoms with Gasteiger partial charge in [-0.1, -0.05) is 0 Å². The van der Waals surface area contributed by atoms with Gasteiger partial charge in [-0.15, -0.1) is 0 Å². The largest absolute Gasteiger partial charge is 0.374 e. The molecule has 0 fully saturated rings. The molecule has 0 saturated carbocycles. The molecular weight excluding hydrogens is 248 g/mol. The number of aryl methyl sites for hydroxylation is 2. The minimum absolute atomic E-state index is 0.730. The summed E-state index contributed by atoms with van der Waals surface area (Å²) in [7, 11) is 4.02. The van der Waals surface area contributed by atoms with E-state index in [-0.39, 0.29) is 0 Å². The number of fused-ring (bicyclic) bond motifs is 1. The Hall–Kier alpha value is -2.28. The normalized spacial score (nSPS) is 14.0. The minimum Gasteiger partial charge on any atom is -0.374 e. The molecule has 0 amide bonds. The molecule has 1 aliphatic rings. The van der Waals surface area contributed by atoms with Crippen molar-refractivity contribution in [3.63, 3.8) is 0 Å². The van der Waals surface area contributed by atoms with Crippen LogP contribution in [0.3, 0.4) is 0 Å². The smallest absolute Gasteiger partial charge is 0.0998 e. The van der Waals surface area contributed by atoms with E-state index in [1.165, 1.54) is 17.7 Å². The third kappa shape index (κ3) is 1.87. The molecule has 0 atom stereocenters. The van der Waals surface area contributed by atoms with Crippen molar-refractivity contribution in [3.05, 3.63) is 35.2 Å². The minimum atomic E-state index is 0.730. The lowest BCUT2D eigenvalue weighted by Gasteiger charge is -2.28. The van der Waals surface area contributed by atoms with Gasteiger partial charge in [0, 0.05) is 43.1 Å². The van der Waals surface area contributed by atoms with Gasteiger partial charge >= 0.3 is 0 Å². The molecule has 0 aliphatic carbocycles. The van der Waals surface area contributed by atoms with Crippen molar-refractivity contribution in [2.24, 2.45) is 7.05 Å². The van der Waals surface area contributed by atoms with Crippen LogP contribution in [0.2, 0.25) is 0 Å². The first-order chi connectivity index (χ1) is 9.61. The van der Waals surface area contributed by atoms with E-state index in [1.807, 2.05) is 30.9 Å². The predicted octanol–water partition coefficient (Wildman–Crippen LogP) is 2.65. The Morgan fingerprint density at radius 1 is 1.25 bits per heavy atom. The third-order valence-corrected chi connectivity index (χ3v) is 4.22. The molecule has 3 rings (SSSR count). The van der Waals surface area contributed by atoms with E-state index in [4.69, 9.17) is 0 Å². The van der Waals surface area contributed by atoms with Crippen molar-refractivity contribution in [1.29, 1.82) is 5.26 Å². The number of nitrogens with zero attached hydrogens (tertiary/aromatic N) is 4. The Balaban J connectivity index is 2.21. The van der Waals surface area contributed by atoms with Gasteiger partial charge in [0.1, 0.15) is 0 Å². The van der Waals surface area contributed by atoms with Crippen LogP contribution < -0.4 is 4.90 Å². The summed E-state index contributed by atoms with van der Waals surface area (Å²) in [4.78, 5) is 2.24. The molecule has 1 aliphatic heterocycles. The van der Waals surface area contributed by atoms with E-state index < -0.39 is 0 Å². The van der Waals surface area contributed by atoms with Gasteiger partial charge in [-0.25, -0.2) is 0 Å². The standard InChI is InChI=1S/C16H18N4/c1-11-15(10-18-20(11)3)14-7-12-5-4-6-19(2)16(12)8-13(14)9-17/h7-8,10H,4-6H2,1-3H3. The SMILES string of the molecule is Cc1c(-c2cc3c(cc2C#N)N(C)CCC3)cnn1C. The maximum Gasteiger partial charge on any atom is 0.0998 e. The van der Waals surface area contributed by atoms with Crippen molar-refractivity contribution >= 4 is 5.69 Å². The van der Waals surface area contributed by atoms with Gasteiger partial charge in [0.15, 0.2) is 0 Å². The Morgan fingerprint density at radius 3 is 2.70 bits per heavy atom. The van der Waals surface area contributed by atoms with E-state index in [9.17, 15) is 5.26 Å². The summed E-state index contributed by atoms with van der Waals surface area (Å²) in [6, 6.07) is 6.54. The number of benzene rings is 1. The van der Waals surface area contributed by atoms with Gasteiger partial charge in [0.2, 0.25) is 0 Å². The molecule has 2 heterocycles. The molecule has 0 saturated heterocycles. The molecule has 0 N–H and O–H groups in total. The lowest BCUT2D eigenvalue weighted by Crippen LogP contribution is -2.24. The van der Waals surface area contributed by atoms with E-state index in [1.54, 1.807) is 0 Å². The van der Waals surface area contributed by atoms with E-state index in [0.717, 1.165) is 35.3 Å². The maximum absolute atomic E-state index is 9.47. The first-order valence-corrected chi connectivity index (χ1v) is 6.89. The number of aromatic nitrogens is 2. The molecule has 2 aromatic rings. The lowest BCUT2D eigenvalue weighted by molar-refractivity contribution is 0.740. The van der Waals surface area contributed by atoms with Gasteiger partial charge in [-0.05, 0) is 37.5 Å². The third-order valence-electron chi connectivity index (χ3n) is 4.22. The summed E-state index contributed by atoms with van der Waals surface area (Å²) < 4.78 is 1.85. The first-order valence-electron chi connectivity index (χ1n) is 6.89. The van der Waals surface area contributed by atoms with Gasteiger partial charge < -0.3 is 4.90 Å². The lowest BCUT2D eigenvalue weighted by atomic mass is 9.93. The number of rotatable bonds is 1. The van der Waals surface area contributed by atoms with Crippen molar-refractivity contribution in [1.82, 2.24) is 9.78 Å². The molecule has 102 valence electrons. The summed E-state index contributed by atoms with van der Waals surface area (Å²) in [6.07, 6.45) is 4.10. The molecule has 0 unspecified atom stereocenters. The van der Waals surface area contributed by atoms with Gasteiger partial charge in [-0.2, -0.15) is 10.4 Å². The van der Waals surface area contributed by atoms with Crippen LogP contribution in [0.4, 0.5) is 5.69 Å². The second-order valence-corrected chi connectivity index (χ2v) is 5.43. The van der Waals surface area contributed by atoms with Gasteiger partial charge in [-0.3, -0.25) is 4.68 Å².